The van der Waals surface area contributed by atoms with Crippen LogP contribution in [0.1, 0.15) is 46.9 Å². The summed E-state index contributed by atoms with van der Waals surface area (Å²) in [7, 11) is 1.79. The van der Waals surface area contributed by atoms with Crippen molar-refractivity contribution in [2.24, 2.45) is 7.05 Å². The van der Waals surface area contributed by atoms with E-state index in [-0.39, 0.29) is 5.91 Å². The van der Waals surface area contributed by atoms with Crippen molar-refractivity contribution in [3.63, 3.8) is 0 Å². The number of rotatable bonds is 7. The van der Waals surface area contributed by atoms with Gasteiger partial charge in [-0.05, 0) is 41.3 Å². The summed E-state index contributed by atoms with van der Waals surface area (Å²) >= 11 is 6.08. The zero-order valence-corrected chi connectivity index (χ0v) is 17.0. The number of ether oxygens (including phenoxy) is 1. The fourth-order valence-electron chi connectivity index (χ4n) is 2.82. The first-order valence-electron chi connectivity index (χ1n) is 9.20. The Morgan fingerprint density at radius 2 is 1.96 bits per heavy atom. The van der Waals surface area contributed by atoms with Crippen molar-refractivity contribution >= 4 is 17.5 Å². The molecule has 1 heterocycles. The van der Waals surface area contributed by atoms with Crippen LogP contribution in [0.25, 0.3) is 0 Å². The molecule has 0 bridgehead atoms. The van der Waals surface area contributed by atoms with Gasteiger partial charge < -0.3 is 10.1 Å². The molecule has 2 aromatic carbocycles. The molecule has 0 spiro atoms. The number of nitrogens with one attached hydrogen (secondary N) is 1. The average molecular weight is 398 g/mol. The summed E-state index contributed by atoms with van der Waals surface area (Å²) in [6, 6.07) is 15.5. The summed E-state index contributed by atoms with van der Waals surface area (Å²) in [5.74, 6) is 1.14. The number of aryl methyl sites for hydroxylation is 1. The highest BCUT2D eigenvalue weighted by Gasteiger charge is 2.10. The van der Waals surface area contributed by atoms with Crippen LogP contribution in [0.2, 0.25) is 5.02 Å². The highest BCUT2D eigenvalue weighted by atomic mass is 35.5. The smallest absolute Gasteiger partial charge is 0.251 e. The third kappa shape index (κ3) is 4.93. The van der Waals surface area contributed by atoms with Crippen LogP contribution in [-0.4, -0.2) is 15.7 Å². The average Bonchev–Trinajstić information content (AvgIpc) is 3.02. The van der Waals surface area contributed by atoms with Gasteiger partial charge in [0.15, 0.2) is 0 Å². The number of hydrogen-bond acceptors (Lipinski definition) is 3. The van der Waals surface area contributed by atoms with E-state index in [9.17, 15) is 4.79 Å². The number of nitrogens with zero attached hydrogens (tertiary/aromatic N) is 2. The molecule has 6 heteroatoms. The second-order valence-electron chi connectivity index (χ2n) is 6.96. The van der Waals surface area contributed by atoms with Gasteiger partial charge in [0.05, 0.1) is 23.5 Å². The van der Waals surface area contributed by atoms with Gasteiger partial charge in [-0.15, -0.1) is 0 Å². The van der Waals surface area contributed by atoms with Gasteiger partial charge in [-0.25, -0.2) is 0 Å². The summed E-state index contributed by atoms with van der Waals surface area (Å²) < 4.78 is 7.50. The van der Waals surface area contributed by atoms with Crippen molar-refractivity contribution in [3.05, 3.63) is 82.1 Å². The molecule has 0 aliphatic carbocycles. The zero-order chi connectivity index (χ0) is 20.1. The van der Waals surface area contributed by atoms with Crippen LogP contribution in [0.4, 0.5) is 0 Å². The Morgan fingerprint density at radius 3 is 2.61 bits per heavy atom. The van der Waals surface area contributed by atoms with Crippen LogP contribution in [0.3, 0.4) is 0 Å². The van der Waals surface area contributed by atoms with Crippen molar-refractivity contribution in [1.82, 2.24) is 15.1 Å². The Kier molecular flexibility index (Phi) is 6.37. The van der Waals surface area contributed by atoms with Gasteiger partial charge in [0, 0.05) is 12.6 Å². The predicted octanol–water partition coefficient (Wildman–Crippen LogP) is 4.71. The van der Waals surface area contributed by atoms with E-state index in [2.05, 4.69) is 36.4 Å². The fourth-order valence-corrected chi connectivity index (χ4v) is 3.05. The molecule has 0 unspecified atom stereocenters. The van der Waals surface area contributed by atoms with Gasteiger partial charge >= 0.3 is 0 Å². The molecule has 3 aromatic rings. The minimum absolute atomic E-state index is 0.166. The summed E-state index contributed by atoms with van der Waals surface area (Å²) in [5, 5.41) is 7.48. The third-order valence-electron chi connectivity index (χ3n) is 4.57. The Balaban J connectivity index is 1.59. The van der Waals surface area contributed by atoms with Gasteiger partial charge in [-0.1, -0.05) is 49.7 Å². The van der Waals surface area contributed by atoms with Crippen molar-refractivity contribution in [1.29, 1.82) is 0 Å². The van der Waals surface area contributed by atoms with Crippen molar-refractivity contribution < 1.29 is 9.53 Å². The molecule has 0 radical (unpaired) electrons. The molecule has 0 atom stereocenters. The second-order valence-corrected chi connectivity index (χ2v) is 7.37. The number of halogens is 1. The van der Waals surface area contributed by atoms with E-state index in [1.807, 2.05) is 30.3 Å². The van der Waals surface area contributed by atoms with Crippen LogP contribution in [-0.2, 0) is 20.2 Å². The Hall–Kier alpha value is -2.79. The Labute approximate surface area is 170 Å². The molecule has 0 saturated carbocycles. The number of benzene rings is 2. The molecule has 1 amide bonds. The number of carbonyl (C=O) groups excluding carboxylic acids is 1. The second kappa shape index (κ2) is 8.93. The predicted molar refractivity (Wildman–Crippen MR) is 111 cm³/mol. The Morgan fingerprint density at radius 1 is 1.21 bits per heavy atom. The maximum absolute atomic E-state index is 12.5. The summed E-state index contributed by atoms with van der Waals surface area (Å²) in [4.78, 5) is 12.5. The largest absolute Gasteiger partial charge is 0.489 e. The van der Waals surface area contributed by atoms with Gasteiger partial charge in [0.2, 0.25) is 0 Å². The molecule has 1 aromatic heterocycles. The molecule has 0 aliphatic heterocycles. The van der Waals surface area contributed by atoms with E-state index in [0.717, 1.165) is 17.0 Å². The van der Waals surface area contributed by atoms with E-state index < -0.39 is 0 Å². The highest BCUT2D eigenvalue weighted by Crippen LogP contribution is 2.20. The normalized spacial score (nSPS) is 10.9. The number of carbonyl (C=O) groups is 1. The number of amides is 1. The topological polar surface area (TPSA) is 56.1 Å². The van der Waals surface area contributed by atoms with Crippen LogP contribution in [0.5, 0.6) is 5.75 Å². The van der Waals surface area contributed by atoms with E-state index in [1.54, 1.807) is 24.0 Å². The van der Waals surface area contributed by atoms with Crippen LogP contribution < -0.4 is 10.1 Å². The molecule has 0 aliphatic rings. The monoisotopic (exact) mass is 397 g/mol. The molecule has 3 rings (SSSR count). The van der Waals surface area contributed by atoms with E-state index in [4.69, 9.17) is 16.3 Å². The summed E-state index contributed by atoms with van der Waals surface area (Å²) in [6.07, 6.45) is 1.56. The highest BCUT2D eigenvalue weighted by molar-refractivity contribution is 6.31. The van der Waals surface area contributed by atoms with Crippen molar-refractivity contribution in [3.8, 4) is 5.75 Å². The minimum Gasteiger partial charge on any atom is -0.489 e. The Bertz CT molecular complexity index is 929. The molecular formula is C22H24ClN3O2. The first kappa shape index (κ1) is 20.0. The van der Waals surface area contributed by atoms with E-state index in [0.29, 0.717) is 29.7 Å². The zero-order valence-electron chi connectivity index (χ0n) is 16.3. The molecule has 0 fully saturated rings. The quantitative estimate of drug-likeness (QED) is 0.628. The lowest BCUT2D eigenvalue weighted by molar-refractivity contribution is 0.0950. The molecule has 0 saturated heterocycles. The lowest BCUT2D eigenvalue weighted by Crippen LogP contribution is -2.24. The lowest BCUT2D eigenvalue weighted by Gasteiger charge is -2.10. The first-order chi connectivity index (χ1) is 13.4. The van der Waals surface area contributed by atoms with Crippen LogP contribution >= 0.6 is 11.6 Å². The van der Waals surface area contributed by atoms with E-state index >= 15 is 0 Å². The first-order valence-corrected chi connectivity index (χ1v) is 9.58. The molecule has 146 valence electrons. The standard InChI is InChI=1S/C22H24ClN3O2/c1-15(2)17-7-9-19(10-8-17)28-14-16-5-4-6-18(11-16)22(27)24-13-21-20(23)12-25-26(21)3/h4-12,15H,13-14H2,1-3H3,(H,24,27). The maximum Gasteiger partial charge on any atom is 0.251 e. The van der Waals surface area contributed by atoms with Gasteiger partial charge in [-0.2, -0.15) is 5.10 Å². The minimum atomic E-state index is -0.166. The van der Waals surface area contributed by atoms with Gasteiger partial charge in [0.1, 0.15) is 12.4 Å². The molecular weight excluding hydrogens is 374 g/mol. The lowest BCUT2D eigenvalue weighted by atomic mass is 10.0. The van der Waals surface area contributed by atoms with Crippen molar-refractivity contribution in [2.45, 2.75) is 32.9 Å². The fraction of sp³-hybridized carbons (Fsp3) is 0.273. The van der Waals surface area contributed by atoms with Crippen molar-refractivity contribution in [2.75, 3.05) is 0 Å². The molecule has 1 N–H and O–H groups in total. The van der Waals surface area contributed by atoms with Crippen LogP contribution in [0, 0.1) is 0 Å². The van der Waals surface area contributed by atoms with Gasteiger partial charge in [-0.3, -0.25) is 9.48 Å². The van der Waals surface area contributed by atoms with E-state index in [1.165, 1.54) is 5.56 Å². The number of hydrogen-bond donors (Lipinski definition) is 1. The number of aromatic nitrogens is 2. The summed E-state index contributed by atoms with van der Waals surface area (Å²) in [5.41, 5.74) is 3.55. The maximum atomic E-state index is 12.5. The SMILES string of the molecule is CC(C)c1ccc(OCc2cccc(C(=O)NCc3c(Cl)cnn3C)c2)cc1. The van der Waals surface area contributed by atoms with Crippen LogP contribution in [0.15, 0.2) is 54.7 Å². The summed E-state index contributed by atoms with van der Waals surface area (Å²) in [6.45, 7) is 5.04. The molecule has 28 heavy (non-hydrogen) atoms. The molecule has 5 nitrogen and oxygen atoms in total. The third-order valence-corrected chi connectivity index (χ3v) is 4.88. The van der Waals surface area contributed by atoms with Gasteiger partial charge in [0.25, 0.3) is 5.91 Å².